The number of halogens is 2. The Morgan fingerprint density at radius 3 is 0.980 bits per heavy atom. The van der Waals surface area contributed by atoms with Crippen molar-refractivity contribution in [1.82, 2.24) is 9.13 Å². The van der Waals surface area contributed by atoms with Gasteiger partial charge in [0.15, 0.2) is 0 Å². The average molecular weight is 971 g/mol. The van der Waals surface area contributed by atoms with Crippen LogP contribution in [-0.2, 0) is 15.3 Å². The fraction of sp³-hybridized carbons (Fsp3) is 0.727. The SMILES string of the molecule is CCCCCCCC/C=C\CCCCCCC[CH](n1cccc1)[Hf]([Br])([Br])[CH](CCCCCCC/C=C\CCCCCCCC)n1cccc1. The van der Waals surface area contributed by atoms with Crippen molar-refractivity contribution in [2.45, 2.75) is 201 Å². The summed E-state index contributed by atoms with van der Waals surface area (Å²) in [6.07, 6.45) is 57.0. The number of unbranched alkanes of at least 4 members (excludes halogenated alkanes) is 22. The number of aromatic nitrogens is 2. The van der Waals surface area contributed by atoms with E-state index >= 15 is 0 Å². The fourth-order valence-corrected chi connectivity index (χ4v) is 32.4. The van der Waals surface area contributed by atoms with Gasteiger partial charge in [0.2, 0.25) is 0 Å². The molecule has 0 aliphatic carbocycles. The molecule has 0 bridgehead atoms. The summed E-state index contributed by atoms with van der Waals surface area (Å²) in [4.78, 5) is 0. The standard InChI is InChI=1S/2C22H38N.2BrH.Hf/c2*1-2-3-4-5-6-7-8-9-10-11-12-13-14-15-16-17-20-23-21-18-19-22-23;;;/h2*9-10,18-22H,2-8,11-17H2,1H3;2*1H;/q;;;;+2/p-2/b2*10-9-;;;. The van der Waals surface area contributed by atoms with Gasteiger partial charge in [-0.2, -0.15) is 0 Å². The van der Waals surface area contributed by atoms with Crippen LogP contribution in [0.5, 0.6) is 0 Å². The molecule has 0 saturated heterocycles. The van der Waals surface area contributed by atoms with E-state index in [1.807, 2.05) is 0 Å². The van der Waals surface area contributed by atoms with E-state index in [1.165, 1.54) is 180 Å². The van der Waals surface area contributed by atoms with Crippen LogP contribution in [0.1, 0.15) is 201 Å². The minimum absolute atomic E-state index is 0.572. The predicted molar refractivity (Wildman–Crippen MR) is 224 cm³/mol. The molecule has 49 heavy (non-hydrogen) atoms. The molecule has 280 valence electrons. The van der Waals surface area contributed by atoms with E-state index < -0.39 is 15.3 Å². The molecule has 2 atom stereocenters. The van der Waals surface area contributed by atoms with Crippen molar-refractivity contribution in [3.63, 3.8) is 0 Å². The zero-order valence-electron chi connectivity index (χ0n) is 32.0. The molecule has 2 rings (SSSR count). The van der Waals surface area contributed by atoms with Crippen LogP contribution < -0.4 is 0 Å². The molecule has 0 amide bonds. The van der Waals surface area contributed by atoms with Crippen LogP contribution in [0.25, 0.3) is 0 Å². The van der Waals surface area contributed by atoms with Crippen molar-refractivity contribution in [3.05, 3.63) is 73.4 Å². The summed E-state index contributed by atoms with van der Waals surface area (Å²) in [6.45, 7) is 4.59. The van der Waals surface area contributed by atoms with Gasteiger partial charge in [-0.15, -0.1) is 0 Å². The van der Waals surface area contributed by atoms with Crippen LogP contribution in [0.4, 0.5) is 0 Å². The van der Waals surface area contributed by atoms with Gasteiger partial charge in [0.05, 0.1) is 0 Å². The molecular weight excluding hydrogens is 895 g/mol. The molecule has 2 unspecified atom stereocenters. The van der Waals surface area contributed by atoms with E-state index in [9.17, 15) is 0 Å². The molecule has 2 nitrogen and oxygen atoms in total. The maximum absolute atomic E-state index is 4.53. The second-order valence-corrected chi connectivity index (χ2v) is 54.5. The molecule has 0 aromatic carbocycles. The first kappa shape index (κ1) is 45.0. The summed E-state index contributed by atoms with van der Waals surface area (Å²) in [7, 11) is 0. The molecule has 0 aliphatic heterocycles. The topological polar surface area (TPSA) is 9.86 Å². The van der Waals surface area contributed by atoms with Crippen molar-refractivity contribution in [3.8, 4) is 0 Å². The van der Waals surface area contributed by atoms with E-state index in [4.69, 9.17) is 0 Å². The Morgan fingerprint density at radius 2 is 0.673 bits per heavy atom. The van der Waals surface area contributed by atoms with Gasteiger partial charge in [-0.25, -0.2) is 0 Å². The van der Waals surface area contributed by atoms with Crippen molar-refractivity contribution in [2.24, 2.45) is 0 Å². The van der Waals surface area contributed by atoms with Gasteiger partial charge in [0.25, 0.3) is 0 Å². The Kier molecular flexibility index (Phi) is 28.9. The molecule has 2 aromatic heterocycles. The number of hydrogen-bond acceptors (Lipinski definition) is 0. The Bertz CT molecular complexity index is 934. The van der Waals surface area contributed by atoms with E-state index in [-0.39, 0.29) is 0 Å². The molecule has 0 fully saturated rings. The van der Waals surface area contributed by atoms with Crippen LogP contribution in [0.15, 0.2) is 73.4 Å². The molecule has 2 heterocycles. The van der Waals surface area contributed by atoms with Gasteiger partial charge >= 0.3 is 246 Å². The average Bonchev–Trinajstić information content (AvgIpc) is 3.83. The van der Waals surface area contributed by atoms with Gasteiger partial charge in [-0.05, 0) is 0 Å². The predicted octanol–water partition coefficient (Wildman–Crippen LogP) is 16.8. The molecule has 0 aliphatic rings. The summed E-state index contributed by atoms with van der Waals surface area (Å²) in [5.41, 5.74) is 0. The first-order chi connectivity index (χ1) is 24.1. The Balaban J connectivity index is 1.70. The van der Waals surface area contributed by atoms with Crippen LogP contribution in [0.3, 0.4) is 0 Å². The maximum atomic E-state index is 4.53. The number of nitrogens with zero attached hydrogens (tertiary/aromatic N) is 2. The van der Waals surface area contributed by atoms with Crippen LogP contribution in [0.2, 0.25) is 0 Å². The number of rotatable bonds is 34. The summed E-state index contributed by atoms with van der Waals surface area (Å²) in [5.74, 6) is 0. The molecule has 5 heteroatoms. The van der Waals surface area contributed by atoms with Crippen LogP contribution in [-0.4, -0.2) is 9.13 Å². The molecule has 0 radical (unpaired) electrons. The monoisotopic (exact) mass is 970 g/mol. The number of allylic oxidation sites excluding steroid dienone is 4. The zero-order chi connectivity index (χ0) is 35.1. The third kappa shape index (κ3) is 21.9. The second-order valence-electron chi connectivity index (χ2n) is 14.7. The first-order valence-corrected chi connectivity index (χ1v) is 40.9. The van der Waals surface area contributed by atoms with Crippen molar-refractivity contribution in [1.29, 1.82) is 0 Å². The Hall–Kier alpha value is -0.130. The van der Waals surface area contributed by atoms with Crippen molar-refractivity contribution < 1.29 is 15.3 Å². The Morgan fingerprint density at radius 1 is 0.408 bits per heavy atom. The van der Waals surface area contributed by atoms with E-state index in [0.29, 0.717) is 7.60 Å². The minimum atomic E-state index is -3.16. The van der Waals surface area contributed by atoms with Gasteiger partial charge < -0.3 is 0 Å². The zero-order valence-corrected chi connectivity index (χ0v) is 38.8. The van der Waals surface area contributed by atoms with E-state index in [0.717, 1.165) is 0 Å². The van der Waals surface area contributed by atoms with Crippen molar-refractivity contribution in [2.75, 3.05) is 0 Å². The molecule has 0 spiro atoms. The number of hydrogen-bond donors (Lipinski definition) is 0. The van der Waals surface area contributed by atoms with Gasteiger partial charge in [-0.3, -0.25) is 0 Å². The molecule has 0 N–H and O–H groups in total. The van der Waals surface area contributed by atoms with Crippen molar-refractivity contribution >= 4 is 24.6 Å². The molecule has 2 aromatic rings. The summed E-state index contributed by atoms with van der Waals surface area (Å²) >= 11 is 5.90. The first-order valence-electron chi connectivity index (χ1n) is 21.0. The Labute approximate surface area is 321 Å². The normalized spacial score (nSPS) is 13.6. The van der Waals surface area contributed by atoms with Gasteiger partial charge in [-0.1, -0.05) is 78.1 Å². The van der Waals surface area contributed by atoms with E-state index in [2.05, 4.69) is 121 Å². The summed E-state index contributed by atoms with van der Waals surface area (Å²) in [6, 6.07) is 8.85. The second kappa shape index (κ2) is 31.4. The third-order valence-electron chi connectivity index (χ3n) is 10.3. The molecule has 0 saturated carbocycles. The summed E-state index contributed by atoms with van der Waals surface area (Å²) in [5, 5.41) is 0. The van der Waals surface area contributed by atoms with Crippen LogP contribution >= 0.6 is 24.6 Å². The third-order valence-corrected chi connectivity index (χ3v) is 38.2. The van der Waals surface area contributed by atoms with Gasteiger partial charge in [0, 0.05) is 0 Å². The summed E-state index contributed by atoms with van der Waals surface area (Å²) < 4.78 is 6.22. The van der Waals surface area contributed by atoms with E-state index in [1.54, 1.807) is 0 Å². The van der Waals surface area contributed by atoms with Crippen LogP contribution in [0, 0.1) is 0 Å². The quantitative estimate of drug-likeness (QED) is 0.0376. The fourth-order valence-electron chi connectivity index (χ4n) is 7.23. The van der Waals surface area contributed by atoms with Gasteiger partial charge in [0.1, 0.15) is 0 Å². The molecular formula is C44H76Br2HfN2.